The third-order valence-corrected chi connectivity index (χ3v) is 10.8. The fourth-order valence-corrected chi connectivity index (χ4v) is 8.35. The van der Waals surface area contributed by atoms with Crippen LogP contribution in [0.1, 0.15) is 36.8 Å². The maximum atomic E-state index is 13.1. The Hall–Kier alpha value is -3.30. The number of hydrogen-bond acceptors (Lipinski definition) is 16. The van der Waals surface area contributed by atoms with Crippen LogP contribution < -0.4 is 27.8 Å². The summed E-state index contributed by atoms with van der Waals surface area (Å²) in [6.45, 7) is 0.998. The molecule has 2 aliphatic rings. The number of carboxylic acids is 1. The molecule has 20 heteroatoms. The first-order valence-electron chi connectivity index (χ1n) is 13.7. The number of pyridine rings is 1. The van der Waals surface area contributed by atoms with Gasteiger partial charge in [0.15, 0.2) is 11.0 Å². The van der Waals surface area contributed by atoms with Crippen LogP contribution in [-0.4, -0.2) is 90.1 Å². The SMILES string of the molecule is NCCCC[C@H](N)C(=O)NCCSCc1ncccc1SC1=C(C(=O)O)N2C(=O)C(NC(=O)C(N=O)c3nsc(N)n3)C2SC1. The van der Waals surface area contributed by atoms with Gasteiger partial charge in [0.25, 0.3) is 11.8 Å². The van der Waals surface area contributed by atoms with Crippen molar-refractivity contribution in [3.63, 3.8) is 0 Å². The number of nitrogens with one attached hydrogen (secondary N) is 2. The molecule has 242 valence electrons. The lowest BCUT2D eigenvalue weighted by Crippen LogP contribution is -2.70. The van der Waals surface area contributed by atoms with Gasteiger partial charge in [-0.2, -0.15) is 16.1 Å². The number of aliphatic carboxylic acids is 1. The zero-order valence-corrected chi connectivity index (χ0v) is 27.1. The van der Waals surface area contributed by atoms with Crippen molar-refractivity contribution in [3.8, 4) is 0 Å². The Labute approximate surface area is 274 Å². The predicted octanol–water partition coefficient (Wildman–Crippen LogP) is 0.617. The first kappa shape index (κ1) is 34.6. The standard InChI is InChI=1S/C25H32N10O6S4/c26-6-2-1-4-12(27)20(36)30-8-9-42-10-13-14(5-3-7-29-13)44-15-11-43-23-17(22(38)35(23)18(15)24(39)40)31-21(37)16(33-41)19-32-25(28)45-34-19/h3,5,7,12,16-17,23H,1-2,4,6,8-11,26-27H2,(H,30,36)(H,31,37)(H,39,40)(H2,28,32,34)/t12-,16?,17?,23?/m0/s1. The Balaban J connectivity index is 1.35. The summed E-state index contributed by atoms with van der Waals surface area (Å²) in [7, 11) is 0. The van der Waals surface area contributed by atoms with Gasteiger partial charge in [0.1, 0.15) is 17.1 Å². The number of carbonyl (C=O) groups is 4. The number of nitroso groups, excluding NO2 is 1. The monoisotopic (exact) mass is 696 g/mol. The number of amides is 3. The summed E-state index contributed by atoms with van der Waals surface area (Å²) in [6, 6.07) is 0.337. The van der Waals surface area contributed by atoms with Crippen molar-refractivity contribution in [2.75, 3.05) is 30.3 Å². The summed E-state index contributed by atoms with van der Waals surface area (Å²) in [5.41, 5.74) is 17.5. The number of β-lactam (4-membered cyclic amide) rings is 1. The molecule has 9 N–H and O–H groups in total. The molecule has 2 aromatic rings. The van der Waals surface area contributed by atoms with E-state index in [1.165, 1.54) is 23.5 Å². The molecule has 4 rings (SSSR count). The Kier molecular flexibility index (Phi) is 12.5. The number of unbranched alkanes of at least 4 members (excludes halogenated alkanes) is 1. The van der Waals surface area contributed by atoms with Crippen LogP contribution >= 0.6 is 46.8 Å². The molecule has 4 atom stereocenters. The number of hydrogen-bond donors (Lipinski definition) is 6. The van der Waals surface area contributed by atoms with Crippen LogP contribution in [0.4, 0.5) is 5.13 Å². The lowest BCUT2D eigenvalue weighted by Gasteiger charge is -2.49. The number of carboxylic acid groups (broad SMARTS) is 1. The van der Waals surface area contributed by atoms with Crippen molar-refractivity contribution in [3.05, 3.63) is 45.4 Å². The molecule has 2 aliphatic heterocycles. The Morgan fingerprint density at radius 3 is 2.76 bits per heavy atom. The van der Waals surface area contributed by atoms with Crippen molar-refractivity contribution >= 4 is 75.6 Å². The highest BCUT2D eigenvalue weighted by Gasteiger charge is 2.55. The van der Waals surface area contributed by atoms with Crippen LogP contribution in [0.15, 0.2) is 39.0 Å². The van der Waals surface area contributed by atoms with Crippen molar-refractivity contribution < 1.29 is 24.3 Å². The molecule has 1 fully saturated rings. The molecule has 0 radical (unpaired) electrons. The molecule has 0 spiro atoms. The maximum Gasteiger partial charge on any atom is 0.353 e. The first-order valence-corrected chi connectivity index (χ1v) is 17.5. The summed E-state index contributed by atoms with van der Waals surface area (Å²) < 4.78 is 3.84. The van der Waals surface area contributed by atoms with E-state index in [-0.39, 0.29) is 28.3 Å². The van der Waals surface area contributed by atoms with E-state index in [2.05, 4.69) is 30.2 Å². The molecule has 1 saturated heterocycles. The van der Waals surface area contributed by atoms with Crippen LogP contribution in [0.2, 0.25) is 0 Å². The second-order valence-corrected chi connectivity index (χ2v) is 13.9. The molecule has 45 heavy (non-hydrogen) atoms. The highest BCUT2D eigenvalue weighted by Crippen LogP contribution is 2.46. The van der Waals surface area contributed by atoms with Crippen LogP contribution in [0, 0.1) is 4.91 Å². The highest BCUT2D eigenvalue weighted by atomic mass is 32.2. The van der Waals surface area contributed by atoms with Gasteiger partial charge in [0, 0.05) is 51.3 Å². The van der Waals surface area contributed by atoms with Crippen LogP contribution in [0.25, 0.3) is 0 Å². The third kappa shape index (κ3) is 8.50. The van der Waals surface area contributed by atoms with Crippen molar-refractivity contribution in [1.29, 1.82) is 0 Å². The van der Waals surface area contributed by atoms with Crippen molar-refractivity contribution in [2.24, 2.45) is 16.6 Å². The van der Waals surface area contributed by atoms with Gasteiger partial charge >= 0.3 is 5.97 Å². The smallest absolute Gasteiger partial charge is 0.353 e. The normalized spacial score (nSPS) is 18.9. The second kappa shape index (κ2) is 16.3. The van der Waals surface area contributed by atoms with Gasteiger partial charge in [-0.3, -0.25) is 24.3 Å². The molecule has 4 heterocycles. The fourth-order valence-electron chi connectivity index (χ4n) is 4.42. The highest BCUT2D eigenvalue weighted by molar-refractivity contribution is 8.06. The van der Waals surface area contributed by atoms with Crippen LogP contribution in [0.5, 0.6) is 0 Å². The average Bonchev–Trinajstić information content (AvgIpc) is 3.45. The molecule has 0 saturated carbocycles. The number of carbonyl (C=O) groups excluding carboxylic acids is 3. The minimum Gasteiger partial charge on any atom is -0.477 e. The van der Waals surface area contributed by atoms with Crippen molar-refractivity contribution in [2.45, 2.75) is 53.4 Å². The fraction of sp³-hybridized carbons (Fsp3) is 0.480. The zero-order chi connectivity index (χ0) is 32.5. The van der Waals surface area contributed by atoms with E-state index >= 15 is 0 Å². The van der Waals surface area contributed by atoms with Crippen LogP contribution in [0.3, 0.4) is 0 Å². The number of fused-ring (bicyclic) bond motifs is 1. The Morgan fingerprint density at radius 1 is 1.27 bits per heavy atom. The second-order valence-electron chi connectivity index (χ2n) is 9.76. The lowest BCUT2D eigenvalue weighted by atomic mass is 10.0. The number of nitrogen functional groups attached to an aromatic ring is 1. The summed E-state index contributed by atoms with van der Waals surface area (Å²) in [4.78, 5) is 72.3. The molecular weight excluding hydrogens is 665 g/mol. The Morgan fingerprint density at radius 2 is 2.07 bits per heavy atom. The molecule has 0 aliphatic carbocycles. The van der Waals surface area contributed by atoms with Gasteiger partial charge in [-0.15, -0.1) is 16.7 Å². The number of rotatable bonds is 17. The molecular formula is C25H32N10O6S4. The van der Waals surface area contributed by atoms with Gasteiger partial charge < -0.3 is 32.9 Å². The molecule has 0 bridgehead atoms. The first-order chi connectivity index (χ1) is 21.7. The quantitative estimate of drug-likeness (QED) is 0.0752. The van der Waals surface area contributed by atoms with Crippen LogP contribution in [-0.2, 0) is 24.9 Å². The summed E-state index contributed by atoms with van der Waals surface area (Å²) >= 11 is 4.85. The lowest BCUT2D eigenvalue weighted by molar-refractivity contribution is -0.150. The number of nitrogens with two attached hydrogens (primary N) is 3. The molecule has 0 aromatic carbocycles. The minimum absolute atomic E-state index is 0.0517. The molecule has 3 unspecified atom stereocenters. The van der Waals surface area contributed by atoms with E-state index in [1.54, 1.807) is 24.0 Å². The topological polar surface area (TPSA) is 262 Å². The van der Waals surface area contributed by atoms with E-state index < -0.39 is 41.3 Å². The largest absolute Gasteiger partial charge is 0.477 e. The number of anilines is 1. The van der Waals surface area contributed by atoms with Gasteiger partial charge in [0.2, 0.25) is 11.9 Å². The van der Waals surface area contributed by atoms with E-state index in [4.69, 9.17) is 17.2 Å². The van der Waals surface area contributed by atoms with E-state index in [0.29, 0.717) is 35.9 Å². The van der Waals surface area contributed by atoms with E-state index in [0.717, 1.165) is 39.9 Å². The summed E-state index contributed by atoms with van der Waals surface area (Å²) in [5, 5.41) is 17.5. The third-order valence-electron chi connectivity index (χ3n) is 6.66. The molecule has 3 amide bonds. The van der Waals surface area contributed by atoms with Crippen molar-refractivity contribution in [1.82, 2.24) is 29.9 Å². The van der Waals surface area contributed by atoms with Gasteiger partial charge in [-0.1, -0.05) is 18.2 Å². The predicted molar refractivity (Wildman–Crippen MR) is 173 cm³/mol. The van der Waals surface area contributed by atoms with E-state index in [1.807, 2.05) is 6.07 Å². The van der Waals surface area contributed by atoms with Gasteiger partial charge in [-0.25, -0.2) is 9.78 Å². The summed E-state index contributed by atoms with van der Waals surface area (Å²) in [5.74, 6) is -1.80. The molecule has 16 nitrogen and oxygen atoms in total. The Bertz CT molecular complexity index is 1460. The summed E-state index contributed by atoms with van der Waals surface area (Å²) in [6.07, 6.45) is 3.84. The number of thioether (sulfide) groups is 3. The van der Waals surface area contributed by atoms with Gasteiger partial charge in [0.05, 0.1) is 11.7 Å². The minimum atomic E-state index is -1.60. The number of nitrogens with zero attached hydrogens (tertiary/aromatic N) is 5. The molecule has 2 aromatic heterocycles. The zero-order valence-electron chi connectivity index (χ0n) is 23.8. The average molecular weight is 697 g/mol. The van der Waals surface area contributed by atoms with Gasteiger partial charge in [-0.05, 0) is 36.7 Å². The maximum absolute atomic E-state index is 13.1. The van der Waals surface area contributed by atoms with E-state index in [9.17, 15) is 29.2 Å². The number of aromatic nitrogens is 3.